The van der Waals surface area contributed by atoms with Gasteiger partial charge in [0.1, 0.15) is 11.6 Å². The van der Waals surface area contributed by atoms with Crippen LogP contribution in [0.3, 0.4) is 0 Å². The van der Waals surface area contributed by atoms with E-state index in [-0.39, 0.29) is 11.4 Å². The first-order valence-electron chi connectivity index (χ1n) is 7.39. The number of rotatable bonds is 5. The first-order chi connectivity index (χ1) is 10.6. The smallest absolute Gasteiger partial charge is 0.267 e. The summed E-state index contributed by atoms with van der Waals surface area (Å²) >= 11 is 0. The molecule has 0 atom stereocenters. The molecule has 22 heavy (non-hydrogen) atoms. The number of Topliss-reactive ketones (excluding diaryl/α,β-unsaturated/α-hetero) is 1. The third-order valence-electron chi connectivity index (χ3n) is 3.71. The van der Waals surface area contributed by atoms with E-state index in [0.29, 0.717) is 17.3 Å². The highest BCUT2D eigenvalue weighted by Crippen LogP contribution is 2.18. The number of nitrogens with zero attached hydrogens (tertiary/aromatic N) is 1. The van der Waals surface area contributed by atoms with Crippen molar-refractivity contribution in [3.05, 3.63) is 41.6 Å². The fourth-order valence-electron chi connectivity index (χ4n) is 2.46. The largest absolute Gasteiger partial charge is 0.387 e. The van der Waals surface area contributed by atoms with E-state index in [0.717, 1.165) is 12.8 Å². The Labute approximate surface area is 130 Å². The van der Waals surface area contributed by atoms with Gasteiger partial charge in [0.05, 0.1) is 0 Å². The molecule has 1 aromatic carbocycles. The molecule has 5 heteroatoms. The van der Waals surface area contributed by atoms with Crippen LogP contribution in [0.5, 0.6) is 0 Å². The van der Waals surface area contributed by atoms with Crippen molar-refractivity contribution in [2.45, 2.75) is 38.6 Å². The molecule has 0 spiro atoms. The van der Waals surface area contributed by atoms with Crippen molar-refractivity contribution in [3.8, 4) is 6.07 Å². The molecule has 2 N–H and O–H groups in total. The lowest BCUT2D eigenvalue weighted by Gasteiger charge is -2.10. The molecular formula is C17H19N3O2. The molecule has 0 radical (unpaired) electrons. The second-order valence-corrected chi connectivity index (χ2v) is 5.41. The lowest BCUT2D eigenvalue weighted by atomic mass is 10.1. The highest BCUT2D eigenvalue weighted by Gasteiger charge is 2.15. The predicted octanol–water partition coefficient (Wildman–Crippen LogP) is 2.77. The van der Waals surface area contributed by atoms with E-state index in [9.17, 15) is 9.59 Å². The summed E-state index contributed by atoms with van der Waals surface area (Å²) < 4.78 is 0. The van der Waals surface area contributed by atoms with Crippen LogP contribution in [0.15, 0.2) is 36.0 Å². The van der Waals surface area contributed by atoms with Crippen LogP contribution in [-0.4, -0.2) is 17.7 Å². The summed E-state index contributed by atoms with van der Waals surface area (Å²) in [5.41, 5.74) is 1.05. The van der Waals surface area contributed by atoms with E-state index in [2.05, 4.69) is 10.6 Å². The Bertz CT molecular complexity index is 638. The number of nitriles is 1. The molecule has 0 unspecified atom stereocenters. The molecule has 1 saturated carbocycles. The van der Waals surface area contributed by atoms with E-state index in [4.69, 9.17) is 5.26 Å². The number of anilines is 1. The van der Waals surface area contributed by atoms with Gasteiger partial charge in [-0.15, -0.1) is 0 Å². The summed E-state index contributed by atoms with van der Waals surface area (Å²) in [7, 11) is 0. The Kier molecular flexibility index (Phi) is 5.31. The van der Waals surface area contributed by atoms with Crippen molar-refractivity contribution in [1.29, 1.82) is 5.26 Å². The van der Waals surface area contributed by atoms with Gasteiger partial charge in [0.2, 0.25) is 0 Å². The molecule has 1 aliphatic rings. The number of ketones is 1. The van der Waals surface area contributed by atoms with Gasteiger partial charge in [0.15, 0.2) is 5.78 Å². The molecule has 2 rings (SSSR count). The first kappa shape index (κ1) is 15.8. The number of amides is 1. The summed E-state index contributed by atoms with van der Waals surface area (Å²) in [6.45, 7) is 1.47. The number of carbonyl (C=O) groups excluding carboxylic acids is 2. The van der Waals surface area contributed by atoms with Crippen LogP contribution in [0.25, 0.3) is 0 Å². The number of hydrogen-bond acceptors (Lipinski definition) is 4. The van der Waals surface area contributed by atoms with Gasteiger partial charge in [-0.2, -0.15) is 5.26 Å². The third-order valence-corrected chi connectivity index (χ3v) is 3.71. The van der Waals surface area contributed by atoms with E-state index in [1.807, 2.05) is 6.07 Å². The summed E-state index contributed by atoms with van der Waals surface area (Å²) in [5.74, 6) is -0.552. The third kappa shape index (κ3) is 4.19. The minimum atomic E-state index is -0.478. The van der Waals surface area contributed by atoms with Crippen LogP contribution >= 0.6 is 0 Å². The monoisotopic (exact) mass is 297 g/mol. The quantitative estimate of drug-likeness (QED) is 0.497. The van der Waals surface area contributed by atoms with Gasteiger partial charge < -0.3 is 10.6 Å². The van der Waals surface area contributed by atoms with Gasteiger partial charge in [0.25, 0.3) is 5.91 Å². The zero-order chi connectivity index (χ0) is 15.9. The van der Waals surface area contributed by atoms with Gasteiger partial charge in [-0.25, -0.2) is 0 Å². The molecule has 1 amide bonds. The highest BCUT2D eigenvalue weighted by atomic mass is 16.1. The first-order valence-corrected chi connectivity index (χ1v) is 7.39. The maximum atomic E-state index is 12.1. The molecule has 0 heterocycles. The van der Waals surface area contributed by atoms with Gasteiger partial charge in [-0.1, -0.05) is 25.0 Å². The van der Waals surface area contributed by atoms with Crippen LogP contribution in [0.4, 0.5) is 5.69 Å². The average molecular weight is 297 g/mol. The molecule has 1 aliphatic carbocycles. The second-order valence-electron chi connectivity index (χ2n) is 5.41. The minimum Gasteiger partial charge on any atom is -0.387 e. The van der Waals surface area contributed by atoms with Crippen LogP contribution in [0.2, 0.25) is 0 Å². The van der Waals surface area contributed by atoms with Crippen LogP contribution in [0, 0.1) is 11.3 Å². The second kappa shape index (κ2) is 7.41. The fourth-order valence-corrected chi connectivity index (χ4v) is 2.46. The summed E-state index contributed by atoms with van der Waals surface area (Å²) in [6.07, 6.45) is 5.98. The zero-order valence-electron chi connectivity index (χ0n) is 12.6. The molecule has 0 aliphatic heterocycles. The maximum Gasteiger partial charge on any atom is 0.267 e. The van der Waals surface area contributed by atoms with Crippen molar-refractivity contribution < 1.29 is 9.59 Å². The molecule has 1 aromatic rings. The summed E-state index contributed by atoms with van der Waals surface area (Å²) in [4.78, 5) is 23.4. The Morgan fingerprint density at radius 1 is 1.32 bits per heavy atom. The number of hydrogen-bond donors (Lipinski definition) is 2. The van der Waals surface area contributed by atoms with Crippen molar-refractivity contribution >= 4 is 17.4 Å². The van der Waals surface area contributed by atoms with E-state index in [1.54, 1.807) is 24.3 Å². The standard InChI is InChI=1S/C17H19N3O2/c1-12(21)13-5-4-8-16(9-13)20-17(22)14(10-18)11-19-15-6-2-3-7-15/h4-5,8-9,11,15,19H,2-3,6-7H2,1H3,(H,20,22)/b14-11-. The molecular weight excluding hydrogens is 278 g/mol. The number of carbonyl (C=O) groups is 2. The van der Waals surface area contributed by atoms with Crippen LogP contribution < -0.4 is 10.6 Å². The SMILES string of the molecule is CC(=O)c1cccc(NC(=O)/C(C#N)=C\NC2CCCC2)c1. The molecule has 0 saturated heterocycles. The lowest BCUT2D eigenvalue weighted by Crippen LogP contribution is -2.23. The highest BCUT2D eigenvalue weighted by molar-refractivity contribution is 6.07. The Hall–Kier alpha value is -2.61. The van der Waals surface area contributed by atoms with Crippen LogP contribution in [0.1, 0.15) is 43.0 Å². The lowest BCUT2D eigenvalue weighted by molar-refractivity contribution is -0.112. The molecule has 0 bridgehead atoms. The van der Waals surface area contributed by atoms with E-state index < -0.39 is 5.91 Å². The molecule has 1 fully saturated rings. The van der Waals surface area contributed by atoms with Crippen LogP contribution in [-0.2, 0) is 4.79 Å². The Balaban J connectivity index is 2.02. The van der Waals surface area contributed by atoms with Gasteiger partial charge in [-0.05, 0) is 31.9 Å². The number of benzene rings is 1. The average Bonchev–Trinajstić information content (AvgIpc) is 3.01. The van der Waals surface area contributed by atoms with E-state index >= 15 is 0 Å². The predicted molar refractivity (Wildman–Crippen MR) is 84.2 cm³/mol. The molecule has 5 nitrogen and oxygen atoms in total. The van der Waals surface area contributed by atoms with Crippen molar-refractivity contribution in [3.63, 3.8) is 0 Å². The summed E-state index contributed by atoms with van der Waals surface area (Å²) in [5, 5.41) is 14.9. The fraction of sp³-hybridized carbons (Fsp3) is 0.353. The Morgan fingerprint density at radius 3 is 2.68 bits per heavy atom. The minimum absolute atomic E-state index is 0.0279. The topological polar surface area (TPSA) is 82.0 Å². The van der Waals surface area contributed by atoms with Gasteiger partial charge >= 0.3 is 0 Å². The maximum absolute atomic E-state index is 12.1. The van der Waals surface area contributed by atoms with Crippen molar-refractivity contribution in [1.82, 2.24) is 5.32 Å². The van der Waals surface area contributed by atoms with Crippen molar-refractivity contribution in [2.75, 3.05) is 5.32 Å². The van der Waals surface area contributed by atoms with Gasteiger partial charge in [-0.3, -0.25) is 9.59 Å². The molecule has 0 aromatic heterocycles. The normalized spacial score (nSPS) is 15.2. The zero-order valence-corrected chi connectivity index (χ0v) is 12.6. The van der Waals surface area contributed by atoms with E-state index in [1.165, 1.54) is 26.0 Å². The van der Waals surface area contributed by atoms with Gasteiger partial charge in [0, 0.05) is 23.5 Å². The summed E-state index contributed by atoms with van der Waals surface area (Å²) in [6, 6.07) is 8.90. The Morgan fingerprint density at radius 2 is 2.05 bits per heavy atom. The number of nitrogens with one attached hydrogen (secondary N) is 2. The van der Waals surface area contributed by atoms with Crippen molar-refractivity contribution in [2.24, 2.45) is 0 Å². The molecule has 114 valence electrons.